The number of rotatable bonds is 7. The predicted molar refractivity (Wildman–Crippen MR) is 54.5 cm³/mol. The standard InChI is InChI=1S/C11H19NO2/c1-10(2)6-4-3-5-9-14-11(13)7-8-12/h10H,3-7,9H2,1-2H3. The second-order valence-electron chi connectivity index (χ2n) is 3.80. The van der Waals surface area contributed by atoms with Crippen LogP contribution in [0.4, 0.5) is 0 Å². The van der Waals surface area contributed by atoms with Gasteiger partial charge in [-0.15, -0.1) is 0 Å². The number of carbonyl (C=O) groups is 1. The van der Waals surface area contributed by atoms with Gasteiger partial charge in [-0.25, -0.2) is 0 Å². The molecule has 0 aliphatic carbocycles. The van der Waals surface area contributed by atoms with Crippen molar-refractivity contribution in [1.82, 2.24) is 0 Å². The maximum absolute atomic E-state index is 10.7. The Hall–Kier alpha value is -1.04. The molecule has 0 amide bonds. The van der Waals surface area contributed by atoms with Crippen LogP contribution in [0, 0.1) is 17.2 Å². The molecule has 0 aromatic heterocycles. The van der Waals surface area contributed by atoms with Crippen LogP contribution in [0.15, 0.2) is 0 Å². The Labute approximate surface area is 86.1 Å². The third kappa shape index (κ3) is 9.05. The molecule has 0 saturated heterocycles. The van der Waals surface area contributed by atoms with Crippen molar-refractivity contribution in [1.29, 1.82) is 5.26 Å². The third-order valence-corrected chi connectivity index (χ3v) is 1.91. The molecule has 0 fully saturated rings. The van der Waals surface area contributed by atoms with Crippen LogP contribution in [-0.4, -0.2) is 12.6 Å². The Kier molecular flexibility index (Phi) is 7.92. The minimum Gasteiger partial charge on any atom is -0.465 e. The Balaban J connectivity index is 3.14. The van der Waals surface area contributed by atoms with Gasteiger partial charge in [0, 0.05) is 0 Å². The van der Waals surface area contributed by atoms with E-state index in [1.54, 1.807) is 6.07 Å². The summed E-state index contributed by atoms with van der Waals surface area (Å²) in [6, 6.07) is 1.76. The number of ether oxygens (including phenoxy) is 1. The first-order valence-corrected chi connectivity index (χ1v) is 5.19. The van der Waals surface area contributed by atoms with Gasteiger partial charge < -0.3 is 4.74 Å². The molecule has 80 valence electrons. The average Bonchev–Trinajstić information content (AvgIpc) is 2.11. The van der Waals surface area contributed by atoms with Gasteiger partial charge in [0.15, 0.2) is 0 Å². The number of nitrogens with zero attached hydrogens (tertiary/aromatic N) is 1. The lowest BCUT2D eigenvalue weighted by Gasteiger charge is -2.04. The second-order valence-corrected chi connectivity index (χ2v) is 3.80. The van der Waals surface area contributed by atoms with E-state index in [-0.39, 0.29) is 6.42 Å². The summed E-state index contributed by atoms with van der Waals surface area (Å²) in [5, 5.41) is 8.19. The Morgan fingerprint density at radius 3 is 2.64 bits per heavy atom. The first kappa shape index (κ1) is 13.0. The highest BCUT2D eigenvalue weighted by molar-refractivity contribution is 5.71. The van der Waals surface area contributed by atoms with Crippen LogP contribution in [0.5, 0.6) is 0 Å². The van der Waals surface area contributed by atoms with E-state index in [4.69, 9.17) is 10.00 Å². The molecule has 14 heavy (non-hydrogen) atoms. The topological polar surface area (TPSA) is 50.1 Å². The smallest absolute Gasteiger partial charge is 0.320 e. The van der Waals surface area contributed by atoms with E-state index >= 15 is 0 Å². The molecule has 0 radical (unpaired) electrons. The molecule has 0 atom stereocenters. The predicted octanol–water partition coefficient (Wildman–Crippen LogP) is 2.66. The summed E-state index contributed by atoms with van der Waals surface area (Å²) in [7, 11) is 0. The van der Waals surface area contributed by atoms with Crippen molar-refractivity contribution in [3.05, 3.63) is 0 Å². The zero-order chi connectivity index (χ0) is 10.8. The molecular formula is C11H19NO2. The van der Waals surface area contributed by atoms with Crippen molar-refractivity contribution in [2.24, 2.45) is 5.92 Å². The number of esters is 1. The van der Waals surface area contributed by atoms with Gasteiger partial charge in [-0.2, -0.15) is 5.26 Å². The van der Waals surface area contributed by atoms with Crippen molar-refractivity contribution in [3.63, 3.8) is 0 Å². The fourth-order valence-electron chi connectivity index (χ4n) is 1.13. The molecule has 0 spiro atoms. The van der Waals surface area contributed by atoms with Gasteiger partial charge in [-0.3, -0.25) is 4.79 Å². The van der Waals surface area contributed by atoms with Crippen molar-refractivity contribution in [2.45, 2.75) is 46.0 Å². The molecule has 0 heterocycles. The van der Waals surface area contributed by atoms with Gasteiger partial charge in [0.25, 0.3) is 0 Å². The van der Waals surface area contributed by atoms with E-state index < -0.39 is 5.97 Å². The lowest BCUT2D eigenvalue weighted by atomic mass is 10.1. The average molecular weight is 197 g/mol. The summed E-state index contributed by atoms with van der Waals surface area (Å²) >= 11 is 0. The van der Waals surface area contributed by atoms with Crippen LogP contribution < -0.4 is 0 Å². The molecule has 0 bridgehead atoms. The molecule has 3 heteroatoms. The van der Waals surface area contributed by atoms with Crippen molar-refractivity contribution in [3.8, 4) is 6.07 Å². The van der Waals surface area contributed by atoms with E-state index in [0.29, 0.717) is 6.61 Å². The van der Waals surface area contributed by atoms with E-state index in [1.165, 1.54) is 12.8 Å². The monoisotopic (exact) mass is 197 g/mol. The fraction of sp³-hybridized carbons (Fsp3) is 0.818. The quantitative estimate of drug-likeness (QED) is 0.465. The van der Waals surface area contributed by atoms with Crippen molar-refractivity contribution < 1.29 is 9.53 Å². The van der Waals surface area contributed by atoms with Gasteiger partial charge in [0.1, 0.15) is 6.42 Å². The van der Waals surface area contributed by atoms with Gasteiger partial charge in [-0.05, 0) is 12.3 Å². The molecule has 3 nitrogen and oxygen atoms in total. The van der Waals surface area contributed by atoms with Crippen LogP contribution in [0.1, 0.15) is 46.0 Å². The lowest BCUT2D eigenvalue weighted by Crippen LogP contribution is -2.04. The summed E-state index contributed by atoms with van der Waals surface area (Å²) in [6.45, 7) is 4.86. The third-order valence-electron chi connectivity index (χ3n) is 1.91. The number of carbonyl (C=O) groups excluding carboxylic acids is 1. The largest absolute Gasteiger partial charge is 0.465 e. The first-order valence-electron chi connectivity index (χ1n) is 5.19. The first-order chi connectivity index (χ1) is 6.66. The van der Waals surface area contributed by atoms with E-state index in [1.807, 2.05) is 0 Å². The Bertz CT molecular complexity index is 194. The highest BCUT2D eigenvalue weighted by Crippen LogP contribution is 2.07. The summed E-state index contributed by atoms with van der Waals surface area (Å²) in [6.07, 6.45) is 4.29. The van der Waals surface area contributed by atoms with Crippen LogP contribution in [-0.2, 0) is 9.53 Å². The Morgan fingerprint density at radius 1 is 1.36 bits per heavy atom. The summed E-state index contributed by atoms with van der Waals surface area (Å²) < 4.78 is 4.83. The molecular weight excluding hydrogens is 178 g/mol. The van der Waals surface area contributed by atoms with E-state index in [2.05, 4.69) is 13.8 Å². The number of hydrogen-bond acceptors (Lipinski definition) is 3. The lowest BCUT2D eigenvalue weighted by molar-refractivity contribution is -0.142. The van der Waals surface area contributed by atoms with Crippen LogP contribution in [0.25, 0.3) is 0 Å². The van der Waals surface area contributed by atoms with Crippen molar-refractivity contribution in [2.75, 3.05) is 6.61 Å². The summed E-state index contributed by atoms with van der Waals surface area (Å²) in [4.78, 5) is 10.7. The summed E-state index contributed by atoms with van der Waals surface area (Å²) in [5.74, 6) is 0.340. The second kappa shape index (κ2) is 8.55. The maximum atomic E-state index is 10.7. The van der Waals surface area contributed by atoms with E-state index in [9.17, 15) is 4.79 Å². The fourth-order valence-corrected chi connectivity index (χ4v) is 1.13. The Morgan fingerprint density at radius 2 is 2.07 bits per heavy atom. The minimum absolute atomic E-state index is 0.133. The normalized spacial score (nSPS) is 9.86. The zero-order valence-corrected chi connectivity index (χ0v) is 9.08. The zero-order valence-electron chi connectivity index (χ0n) is 9.08. The maximum Gasteiger partial charge on any atom is 0.320 e. The molecule has 0 unspecified atom stereocenters. The highest BCUT2D eigenvalue weighted by Gasteiger charge is 2.00. The van der Waals surface area contributed by atoms with Gasteiger partial charge in [0.05, 0.1) is 12.7 Å². The molecule has 0 saturated carbocycles. The molecule has 0 rings (SSSR count). The highest BCUT2D eigenvalue weighted by atomic mass is 16.5. The SMILES string of the molecule is CC(C)CCCCCOC(=O)CC#N. The molecule has 0 aromatic carbocycles. The van der Waals surface area contributed by atoms with Crippen LogP contribution in [0.3, 0.4) is 0 Å². The van der Waals surface area contributed by atoms with Crippen LogP contribution >= 0.6 is 0 Å². The van der Waals surface area contributed by atoms with Gasteiger partial charge >= 0.3 is 5.97 Å². The molecule has 0 N–H and O–H groups in total. The van der Waals surface area contributed by atoms with Gasteiger partial charge in [0.2, 0.25) is 0 Å². The molecule has 0 aliphatic rings. The van der Waals surface area contributed by atoms with E-state index in [0.717, 1.165) is 18.8 Å². The van der Waals surface area contributed by atoms with Gasteiger partial charge in [-0.1, -0.05) is 33.1 Å². The summed E-state index contributed by atoms with van der Waals surface area (Å²) in [5.41, 5.74) is 0. The van der Waals surface area contributed by atoms with Crippen LogP contribution in [0.2, 0.25) is 0 Å². The molecule has 0 aromatic rings. The minimum atomic E-state index is -0.406. The number of unbranched alkanes of at least 4 members (excludes halogenated alkanes) is 2. The molecule has 0 aliphatic heterocycles. The van der Waals surface area contributed by atoms with Crippen molar-refractivity contribution >= 4 is 5.97 Å². The number of hydrogen-bond donors (Lipinski definition) is 0. The number of nitriles is 1.